The summed E-state index contributed by atoms with van der Waals surface area (Å²) in [7, 11) is 3.91. The smallest absolute Gasteiger partial charge is 0.105 e. The Labute approximate surface area is 132 Å². The van der Waals surface area contributed by atoms with E-state index >= 15 is 0 Å². The minimum Gasteiger partial charge on any atom is -0.341 e. The Morgan fingerprint density at radius 2 is 1.68 bits per heavy atom. The van der Waals surface area contributed by atoms with Crippen LogP contribution in [-0.4, -0.2) is 28.7 Å². The summed E-state index contributed by atoms with van der Waals surface area (Å²) < 4.78 is 5.96. The Balaban J connectivity index is 0.000000169. The lowest BCUT2D eigenvalue weighted by molar-refractivity contribution is 0.631. The van der Waals surface area contributed by atoms with Crippen molar-refractivity contribution in [1.82, 2.24) is 28.7 Å². The number of rotatable bonds is 3. The summed E-state index contributed by atoms with van der Waals surface area (Å²) in [6, 6.07) is 0. The minimum absolute atomic E-state index is 1.06. The molecule has 0 fully saturated rings. The van der Waals surface area contributed by atoms with Gasteiger partial charge in [-0.15, -0.1) is 0 Å². The number of aryl methyl sites for hydroxylation is 4. The van der Waals surface area contributed by atoms with Gasteiger partial charge in [-0.05, 0) is 13.3 Å². The second-order valence-corrected chi connectivity index (χ2v) is 4.97. The van der Waals surface area contributed by atoms with Gasteiger partial charge in [0, 0.05) is 57.8 Å². The number of nitrogens with zero attached hydrogens (tertiary/aromatic N) is 6. The Hall–Kier alpha value is -2.37. The molecule has 0 spiro atoms. The Morgan fingerprint density at radius 1 is 0.955 bits per heavy atom. The second kappa shape index (κ2) is 10.4. The average molecular weight is 302 g/mol. The van der Waals surface area contributed by atoms with Crippen LogP contribution in [-0.2, 0) is 20.6 Å². The van der Waals surface area contributed by atoms with Gasteiger partial charge in [0.05, 0.1) is 12.7 Å². The largest absolute Gasteiger partial charge is 0.341 e. The maximum Gasteiger partial charge on any atom is 0.105 e. The summed E-state index contributed by atoms with van der Waals surface area (Å²) in [5, 5.41) is 0. The van der Waals surface area contributed by atoms with E-state index in [2.05, 4.69) is 26.4 Å². The van der Waals surface area contributed by atoms with Crippen LogP contribution in [0.15, 0.2) is 49.8 Å². The molecule has 6 heteroatoms. The van der Waals surface area contributed by atoms with Crippen molar-refractivity contribution in [3.05, 3.63) is 55.7 Å². The lowest BCUT2D eigenvalue weighted by Gasteiger charge is -1.96. The van der Waals surface area contributed by atoms with Crippen LogP contribution in [0.25, 0.3) is 0 Å². The van der Waals surface area contributed by atoms with Gasteiger partial charge in [-0.1, -0.05) is 13.3 Å². The van der Waals surface area contributed by atoms with Crippen molar-refractivity contribution in [2.24, 2.45) is 14.1 Å². The predicted octanol–water partition coefficient (Wildman–Crippen LogP) is 2.83. The third-order valence-corrected chi connectivity index (χ3v) is 3.03. The highest BCUT2D eigenvalue weighted by Crippen LogP contribution is 1.92. The summed E-state index contributed by atoms with van der Waals surface area (Å²) in [6.45, 7) is 5.27. The van der Waals surface area contributed by atoms with E-state index in [1.54, 1.807) is 18.7 Å². The van der Waals surface area contributed by atoms with Crippen molar-refractivity contribution in [2.45, 2.75) is 33.2 Å². The zero-order chi connectivity index (χ0) is 16.2. The van der Waals surface area contributed by atoms with Crippen LogP contribution in [0.5, 0.6) is 0 Å². The molecular formula is C16H26N6. The first-order valence-electron chi connectivity index (χ1n) is 7.45. The van der Waals surface area contributed by atoms with E-state index in [1.165, 1.54) is 12.8 Å². The summed E-state index contributed by atoms with van der Waals surface area (Å²) in [6.07, 6.45) is 17.3. The van der Waals surface area contributed by atoms with Crippen LogP contribution in [0.3, 0.4) is 0 Å². The van der Waals surface area contributed by atoms with Gasteiger partial charge in [-0.3, -0.25) is 0 Å². The van der Waals surface area contributed by atoms with E-state index in [1.807, 2.05) is 61.3 Å². The van der Waals surface area contributed by atoms with Crippen LogP contribution >= 0.6 is 0 Å². The predicted molar refractivity (Wildman–Crippen MR) is 88.3 cm³/mol. The molecule has 0 bridgehead atoms. The van der Waals surface area contributed by atoms with Gasteiger partial charge in [0.25, 0.3) is 0 Å². The van der Waals surface area contributed by atoms with E-state index in [4.69, 9.17) is 0 Å². The fraction of sp³-hybridized carbons (Fsp3) is 0.438. The third-order valence-electron chi connectivity index (χ3n) is 3.03. The quantitative estimate of drug-likeness (QED) is 0.747. The van der Waals surface area contributed by atoms with Crippen molar-refractivity contribution in [2.75, 3.05) is 0 Å². The van der Waals surface area contributed by atoms with Gasteiger partial charge < -0.3 is 13.7 Å². The molecule has 3 aromatic rings. The van der Waals surface area contributed by atoms with Crippen molar-refractivity contribution in [3.8, 4) is 0 Å². The van der Waals surface area contributed by atoms with Crippen LogP contribution in [0.1, 0.15) is 25.6 Å². The van der Waals surface area contributed by atoms with Gasteiger partial charge in [0.1, 0.15) is 5.82 Å². The molecule has 0 unspecified atom stereocenters. The molecule has 6 nitrogen and oxygen atoms in total. The first kappa shape index (κ1) is 17.7. The van der Waals surface area contributed by atoms with E-state index in [0.29, 0.717) is 0 Å². The number of unbranched alkanes of at least 4 members (excludes halogenated alkanes) is 1. The maximum absolute atomic E-state index is 3.98. The SMILES string of the molecule is CCCCn1ccnc1.Cc1nccn1C.Cn1ccnc1. The van der Waals surface area contributed by atoms with Crippen molar-refractivity contribution < 1.29 is 0 Å². The van der Waals surface area contributed by atoms with Crippen molar-refractivity contribution in [3.63, 3.8) is 0 Å². The van der Waals surface area contributed by atoms with Crippen LogP contribution in [0, 0.1) is 6.92 Å². The third kappa shape index (κ3) is 7.42. The fourth-order valence-electron chi connectivity index (χ4n) is 1.53. The lowest BCUT2D eigenvalue weighted by Crippen LogP contribution is -1.92. The molecule has 0 saturated carbocycles. The van der Waals surface area contributed by atoms with Gasteiger partial charge >= 0.3 is 0 Å². The molecule has 0 radical (unpaired) electrons. The average Bonchev–Trinajstić information content (AvgIpc) is 3.24. The number of aromatic nitrogens is 6. The molecule has 0 aromatic carbocycles. The van der Waals surface area contributed by atoms with Crippen LogP contribution < -0.4 is 0 Å². The fourth-order valence-corrected chi connectivity index (χ4v) is 1.53. The molecule has 3 heterocycles. The van der Waals surface area contributed by atoms with Gasteiger partial charge in [-0.2, -0.15) is 0 Å². The molecule has 0 aliphatic heterocycles. The molecule has 120 valence electrons. The molecule has 0 N–H and O–H groups in total. The molecular weight excluding hydrogens is 276 g/mol. The molecule has 0 amide bonds. The first-order valence-corrected chi connectivity index (χ1v) is 7.45. The Kier molecular flexibility index (Phi) is 8.33. The molecule has 0 aliphatic carbocycles. The number of hydrogen-bond acceptors (Lipinski definition) is 3. The summed E-state index contributed by atoms with van der Waals surface area (Å²) in [5.74, 6) is 1.06. The lowest BCUT2D eigenvalue weighted by atomic mass is 10.3. The number of hydrogen-bond donors (Lipinski definition) is 0. The molecule has 0 atom stereocenters. The highest BCUT2D eigenvalue weighted by atomic mass is 15.0. The standard InChI is InChI=1S/C7H12N2.C5H8N2.C4H6N2/c1-2-3-5-9-6-4-8-7-9;1-5-6-3-4-7(5)2;1-6-3-2-5-4-6/h4,6-7H,2-3,5H2,1H3;3-4H,1-2H3;2-4H,1H3. The molecule has 3 aromatic heterocycles. The van der Waals surface area contributed by atoms with E-state index in [9.17, 15) is 0 Å². The van der Waals surface area contributed by atoms with Crippen LogP contribution in [0.4, 0.5) is 0 Å². The molecule has 0 saturated heterocycles. The number of imidazole rings is 3. The van der Waals surface area contributed by atoms with E-state index < -0.39 is 0 Å². The van der Waals surface area contributed by atoms with Gasteiger partial charge in [-0.25, -0.2) is 15.0 Å². The van der Waals surface area contributed by atoms with Crippen molar-refractivity contribution in [1.29, 1.82) is 0 Å². The van der Waals surface area contributed by atoms with E-state index in [-0.39, 0.29) is 0 Å². The summed E-state index contributed by atoms with van der Waals surface area (Å²) >= 11 is 0. The van der Waals surface area contributed by atoms with Crippen LogP contribution in [0.2, 0.25) is 0 Å². The second-order valence-electron chi connectivity index (χ2n) is 4.97. The topological polar surface area (TPSA) is 53.5 Å². The zero-order valence-electron chi connectivity index (χ0n) is 13.9. The maximum atomic E-state index is 3.98. The molecule has 0 aliphatic rings. The van der Waals surface area contributed by atoms with Crippen molar-refractivity contribution >= 4 is 0 Å². The summed E-state index contributed by atoms with van der Waals surface area (Å²) in [5.41, 5.74) is 0. The summed E-state index contributed by atoms with van der Waals surface area (Å²) in [4.78, 5) is 11.7. The zero-order valence-corrected chi connectivity index (χ0v) is 13.9. The van der Waals surface area contributed by atoms with E-state index in [0.717, 1.165) is 12.4 Å². The Morgan fingerprint density at radius 3 is 2.00 bits per heavy atom. The highest BCUT2D eigenvalue weighted by molar-refractivity contribution is 4.85. The highest BCUT2D eigenvalue weighted by Gasteiger charge is 1.85. The van der Waals surface area contributed by atoms with Gasteiger partial charge in [0.2, 0.25) is 0 Å². The molecule has 3 rings (SSSR count). The molecule has 22 heavy (non-hydrogen) atoms. The normalized spacial score (nSPS) is 9.45. The monoisotopic (exact) mass is 302 g/mol. The minimum atomic E-state index is 1.06. The van der Waals surface area contributed by atoms with Gasteiger partial charge in [0.15, 0.2) is 0 Å². The Bertz CT molecular complexity index is 563. The first-order chi connectivity index (χ1) is 10.6.